The first-order valence-corrected chi connectivity index (χ1v) is 9.64. The second-order valence-electron chi connectivity index (χ2n) is 5.33. The molecule has 0 bridgehead atoms. The second kappa shape index (κ2) is 6.40. The van der Waals surface area contributed by atoms with E-state index >= 15 is 0 Å². The zero-order valence-electron chi connectivity index (χ0n) is 11.4. The van der Waals surface area contributed by atoms with Crippen LogP contribution in [0.4, 0.5) is 10.6 Å². The third kappa shape index (κ3) is 5.15. The number of anilines is 1. The van der Waals surface area contributed by atoms with Crippen LogP contribution < -0.4 is 5.32 Å². The zero-order chi connectivity index (χ0) is 14.5. The topological polar surface area (TPSA) is 76.4 Å². The van der Waals surface area contributed by atoms with Crippen molar-refractivity contribution in [2.75, 3.05) is 11.9 Å². The number of hydrogen-bond donors (Lipinski definition) is 2. The summed E-state index contributed by atoms with van der Waals surface area (Å²) >= 11 is 0. The summed E-state index contributed by atoms with van der Waals surface area (Å²) in [5.41, 5.74) is 0.399. The molecule has 1 aromatic heterocycles. The fraction of sp³-hybridized carbons (Fsp3) is 0.500. The van der Waals surface area contributed by atoms with E-state index in [4.69, 9.17) is 16.3 Å². The summed E-state index contributed by atoms with van der Waals surface area (Å²) in [6, 6.07) is 1.04. The highest BCUT2D eigenvalue weighted by Gasteiger charge is 2.14. The van der Waals surface area contributed by atoms with Crippen molar-refractivity contribution in [1.29, 1.82) is 0 Å². The molecule has 1 amide bonds. The minimum Gasteiger partial charge on any atom is -0.465 e. The van der Waals surface area contributed by atoms with Crippen molar-refractivity contribution in [2.45, 2.75) is 32.4 Å². The number of aromatic nitrogens is 2. The largest absolute Gasteiger partial charge is 0.465 e. The second-order valence-corrected chi connectivity index (χ2v) is 11.0. The standard InChI is InChI=1S/C12H19N3O3Si/c1-5-10-8-13-15(11(10)14-12(16)17)9-18-6-7-19(2,3)4/h1,8,14H,6-7,9H2,2-4H3,(H,16,17). The van der Waals surface area contributed by atoms with Crippen LogP contribution in [0.15, 0.2) is 6.20 Å². The van der Waals surface area contributed by atoms with Gasteiger partial charge in [-0.1, -0.05) is 25.6 Å². The normalized spacial score (nSPS) is 11.1. The molecule has 0 fully saturated rings. The number of carbonyl (C=O) groups is 1. The fourth-order valence-corrected chi connectivity index (χ4v) is 2.11. The average molecular weight is 281 g/mol. The van der Waals surface area contributed by atoms with E-state index in [9.17, 15) is 4.79 Å². The molecule has 0 atom stereocenters. The van der Waals surface area contributed by atoms with Gasteiger partial charge in [-0.15, -0.1) is 6.42 Å². The molecule has 0 aliphatic carbocycles. The van der Waals surface area contributed by atoms with Crippen molar-refractivity contribution in [3.63, 3.8) is 0 Å². The van der Waals surface area contributed by atoms with Crippen molar-refractivity contribution >= 4 is 20.0 Å². The summed E-state index contributed by atoms with van der Waals surface area (Å²) in [7, 11) is -1.13. The Morgan fingerprint density at radius 1 is 1.63 bits per heavy atom. The van der Waals surface area contributed by atoms with Gasteiger partial charge in [0.1, 0.15) is 6.73 Å². The Labute approximate surface area is 113 Å². The molecular formula is C12H19N3O3Si. The molecule has 7 heteroatoms. The van der Waals surface area contributed by atoms with Crippen LogP contribution in [0.1, 0.15) is 5.56 Å². The number of ether oxygens (including phenoxy) is 1. The average Bonchev–Trinajstić information content (AvgIpc) is 2.65. The summed E-state index contributed by atoms with van der Waals surface area (Å²) in [6.07, 6.45) is 5.54. The van der Waals surface area contributed by atoms with Crippen LogP contribution in [0.25, 0.3) is 0 Å². The van der Waals surface area contributed by atoms with Gasteiger partial charge in [0.2, 0.25) is 0 Å². The van der Waals surface area contributed by atoms with E-state index in [-0.39, 0.29) is 12.5 Å². The lowest BCUT2D eigenvalue weighted by Gasteiger charge is -2.15. The molecule has 1 heterocycles. The number of hydrogen-bond acceptors (Lipinski definition) is 3. The van der Waals surface area contributed by atoms with Gasteiger partial charge in [-0.05, 0) is 6.04 Å². The maximum atomic E-state index is 10.7. The van der Waals surface area contributed by atoms with Crippen LogP contribution in [0.5, 0.6) is 0 Å². The van der Waals surface area contributed by atoms with Crippen molar-refractivity contribution in [3.05, 3.63) is 11.8 Å². The molecule has 104 valence electrons. The Hall–Kier alpha value is -1.78. The molecule has 0 unspecified atom stereocenters. The van der Waals surface area contributed by atoms with Gasteiger partial charge >= 0.3 is 6.09 Å². The first-order valence-electron chi connectivity index (χ1n) is 5.93. The minimum absolute atomic E-state index is 0.182. The van der Waals surface area contributed by atoms with E-state index < -0.39 is 14.2 Å². The Balaban J connectivity index is 2.61. The van der Waals surface area contributed by atoms with Crippen molar-refractivity contribution in [2.24, 2.45) is 0 Å². The summed E-state index contributed by atoms with van der Waals surface area (Å²) in [5, 5.41) is 15.0. The predicted octanol–water partition coefficient (Wildman–Crippen LogP) is 2.27. The number of rotatable bonds is 6. The van der Waals surface area contributed by atoms with Crippen LogP contribution in [0.3, 0.4) is 0 Å². The fourth-order valence-electron chi connectivity index (χ4n) is 1.35. The monoisotopic (exact) mass is 281 g/mol. The van der Waals surface area contributed by atoms with Gasteiger partial charge < -0.3 is 9.84 Å². The summed E-state index contributed by atoms with van der Waals surface area (Å²) in [4.78, 5) is 10.7. The SMILES string of the molecule is C#Cc1cnn(COCC[Si](C)(C)C)c1NC(=O)O. The number of terminal acetylenes is 1. The van der Waals surface area contributed by atoms with Crippen LogP contribution >= 0.6 is 0 Å². The van der Waals surface area contributed by atoms with Gasteiger partial charge in [-0.25, -0.2) is 9.48 Å². The lowest BCUT2D eigenvalue weighted by molar-refractivity contribution is 0.0800. The van der Waals surface area contributed by atoms with Gasteiger partial charge in [0.15, 0.2) is 5.82 Å². The first kappa shape index (κ1) is 15.3. The molecule has 19 heavy (non-hydrogen) atoms. The van der Waals surface area contributed by atoms with Crippen molar-refractivity contribution in [1.82, 2.24) is 9.78 Å². The number of nitrogens with zero attached hydrogens (tertiary/aromatic N) is 2. The predicted molar refractivity (Wildman–Crippen MR) is 75.9 cm³/mol. The highest BCUT2D eigenvalue weighted by Crippen LogP contribution is 2.14. The molecule has 2 N–H and O–H groups in total. The van der Waals surface area contributed by atoms with Crippen LogP contribution in [0, 0.1) is 12.3 Å². The summed E-state index contributed by atoms with van der Waals surface area (Å²) in [5.74, 6) is 2.64. The molecular weight excluding hydrogens is 262 g/mol. The van der Waals surface area contributed by atoms with Gasteiger partial charge in [0, 0.05) is 14.7 Å². The maximum Gasteiger partial charge on any atom is 0.410 e. The summed E-state index contributed by atoms with van der Waals surface area (Å²) < 4.78 is 6.92. The third-order valence-electron chi connectivity index (χ3n) is 2.43. The lowest BCUT2D eigenvalue weighted by atomic mass is 10.3. The number of carboxylic acid groups (broad SMARTS) is 1. The smallest absolute Gasteiger partial charge is 0.410 e. The highest BCUT2D eigenvalue weighted by atomic mass is 28.3. The third-order valence-corrected chi connectivity index (χ3v) is 4.13. The lowest BCUT2D eigenvalue weighted by Crippen LogP contribution is -2.22. The Kier molecular flexibility index (Phi) is 5.15. The number of amides is 1. The Morgan fingerprint density at radius 2 is 2.32 bits per heavy atom. The first-order chi connectivity index (χ1) is 8.83. The molecule has 0 aliphatic rings. The number of nitrogens with one attached hydrogen (secondary N) is 1. The molecule has 1 rings (SSSR count). The zero-order valence-corrected chi connectivity index (χ0v) is 12.4. The maximum absolute atomic E-state index is 10.7. The molecule has 0 radical (unpaired) electrons. The summed E-state index contributed by atoms with van der Waals surface area (Å²) in [6.45, 7) is 7.60. The van der Waals surface area contributed by atoms with Gasteiger partial charge in [0.25, 0.3) is 0 Å². The van der Waals surface area contributed by atoms with E-state index in [1.165, 1.54) is 10.9 Å². The van der Waals surface area contributed by atoms with Crippen LogP contribution in [-0.2, 0) is 11.5 Å². The molecule has 6 nitrogen and oxygen atoms in total. The minimum atomic E-state index is -1.18. The van der Waals surface area contributed by atoms with E-state index in [1.807, 2.05) is 0 Å². The van der Waals surface area contributed by atoms with E-state index in [2.05, 4.69) is 36.0 Å². The molecule has 0 aliphatic heterocycles. The highest BCUT2D eigenvalue weighted by molar-refractivity contribution is 6.76. The molecule has 1 aromatic rings. The van der Waals surface area contributed by atoms with Gasteiger partial charge in [-0.3, -0.25) is 5.32 Å². The van der Waals surface area contributed by atoms with E-state index in [0.717, 1.165) is 6.04 Å². The van der Waals surface area contributed by atoms with Crippen LogP contribution in [0.2, 0.25) is 25.7 Å². The Bertz CT molecular complexity index is 485. The Morgan fingerprint density at radius 3 is 2.84 bits per heavy atom. The van der Waals surface area contributed by atoms with Crippen molar-refractivity contribution < 1.29 is 14.6 Å². The quantitative estimate of drug-likeness (QED) is 0.476. The molecule has 0 saturated heterocycles. The van der Waals surface area contributed by atoms with Gasteiger partial charge in [0.05, 0.1) is 11.8 Å². The van der Waals surface area contributed by atoms with E-state index in [1.54, 1.807) is 0 Å². The molecule has 0 spiro atoms. The molecule has 0 aromatic carbocycles. The van der Waals surface area contributed by atoms with E-state index in [0.29, 0.717) is 12.2 Å². The van der Waals surface area contributed by atoms with Crippen molar-refractivity contribution in [3.8, 4) is 12.3 Å². The van der Waals surface area contributed by atoms with Crippen LogP contribution in [-0.4, -0.2) is 35.7 Å². The molecule has 0 saturated carbocycles. The van der Waals surface area contributed by atoms with Gasteiger partial charge in [-0.2, -0.15) is 5.10 Å².